The van der Waals surface area contributed by atoms with E-state index in [0.717, 1.165) is 5.71 Å². The third-order valence-corrected chi connectivity index (χ3v) is 1.97. The molecule has 0 aromatic rings. The molecule has 0 aromatic carbocycles. The summed E-state index contributed by atoms with van der Waals surface area (Å²) >= 11 is 0. The van der Waals surface area contributed by atoms with Crippen molar-refractivity contribution in [2.45, 2.75) is 6.07 Å². The first-order valence-electron chi connectivity index (χ1n) is 5.31. The lowest BCUT2D eigenvalue weighted by atomic mass is 10.1. The Balaban J connectivity index is 3.90. The van der Waals surface area contributed by atoms with Gasteiger partial charge in [-0.25, -0.2) is 0 Å². The van der Waals surface area contributed by atoms with Crippen LogP contribution in [0.1, 0.15) is 0 Å². The summed E-state index contributed by atoms with van der Waals surface area (Å²) < 4.78 is 0. The standard InChI is InChI=1S/C11H19BN4O/c1-4-5-6-9(13-2)7-15-10(17)8-16-11(12)14-3/h4-6,11,14,16H,1,7-8H2,2-3H3,(H,15,17)/b6-5-,13-9?. The number of carbonyl (C=O) groups excluding carboxylic acids is 1. The molecule has 1 unspecified atom stereocenters. The van der Waals surface area contributed by atoms with Crippen LogP contribution >= 0.6 is 0 Å². The van der Waals surface area contributed by atoms with Crippen molar-refractivity contribution >= 4 is 19.5 Å². The van der Waals surface area contributed by atoms with Crippen molar-refractivity contribution in [3.63, 3.8) is 0 Å². The van der Waals surface area contributed by atoms with Crippen LogP contribution in [-0.2, 0) is 4.79 Å². The minimum atomic E-state index is -0.388. The van der Waals surface area contributed by atoms with E-state index in [1.165, 1.54) is 0 Å². The SMILES string of the molecule is [B]C(NC)NCC(=O)NCC(/C=C\C=C)=NC. The van der Waals surface area contributed by atoms with E-state index in [-0.39, 0.29) is 18.5 Å². The summed E-state index contributed by atoms with van der Waals surface area (Å²) in [5, 5.41) is 8.28. The number of carbonyl (C=O) groups is 1. The van der Waals surface area contributed by atoms with E-state index >= 15 is 0 Å². The van der Waals surface area contributed by atoms with Crippen LogP contribution in [0.2, 0.25) is 0 Å². The molecule has 0 spiro atoms. The second-order valence-corrected chi connectivity index (χ2v) is 3.23. The monoisotopic (exact) mass is 234 g/mol. The van der Waals surface area contributed by atoms with Crippen LogP contribution in [0, 0.1) is 0 Å². The summed E-state index contributed by atoms with van der Waals surface area (Å²) in [4.78, 5) is 15.4. The molecular weight excluding hydrogens is 215 g/mol. The van der Waals surface area contributed by atoms with Crippen molar-refractivity contribution in [3.8, 4) is 0 Å². The lowest BCUT2D eigenvalue weighted by Gasteiger charge is -2.12. The Kier molecular flexibility index (Phi) is 9.00. The van der Waals surface area contributed by atoms with Crippen molar-refractivity contribution in [2.75, 3.05) is 27.2 Å². The van der Waals surface area contributed by atoms with Crippen molar-refractivity contribution in [3.05, 3.63) is 24.8 Å². The van der Waals surface area contributed by atoms with Crippen LogP contribution in [0.3, 0.4) is 0 Å². The zero-order chi connectivity index (χ0) is 13.1. The zero-order valence-electron chi connectivity index (χ0n) is 10.4. The average molecular weight is 234 g/mol. The first kappa shape index (κ1) is 15.6. The quantitative estimate of drug-likeness (QED) is 0.222. The molecule has 6 heteroatoms. The maximum atomic E-state index is 11.4. The van der Waals surface area contributed by atoms with E-state index in [1.54, 1.807) is 32.3 Å². The van der Waals surface area contributed by atoms with Gasteiger partial charge < -0.3 is 16.0 Å². The Labute approximate surface area is 104 Å². The molecule has 0 aliphatic carbocycles. The number of nitrogens with zero attached hydrogens (tertiary/aromatic N) is 1. The van der Waals surface area contributed by atoms with Gasteiger partial charge in [-0.2, -0.15) is 0 Å². The highest BCUT2D eigenvalue weighted by molar-refractivity contribution is 6.11. The molecular formula is C11H19BN4O. The van der Waals surface area contributed by atoms with Gasteiger partial charge in [0, 0.05) is 13.1 Å². The number of amides is 1. The molecule has 92 valence electrons. The minimum absolute atomic E-state index is 0.135. The molecule has 0 saturated carbocycles. The van der Waals surface area contributed by atoms with Crippen LogP contribution in [-0.4, -0.2) is 52.7 Å². The zero-order valence-corrected chi connectivity index (χ0v) is 10.4. The smallest absolute Gasteiger partial charge is 0.234 e. The van der Waals surface area contributed by atoms with Gasteiger partial charge >= 0.3 is 0 Å². The maximum absolute atomic E-state index is 11.4. The molecule has 0 aliphatic rings. The molecule has 0 fully saturated rings. The van der Waals surface area contributed by atoms with Crippen molar-refractivity contribution in [2.24, 2.45) is 4.99 Å². The largest absolute Gasteiger partial charge is 0.349 e. The molecule has 0 bridgehead atoms. The topological polar surface area (TPSA) is 65.5 Å². The second kappa shape index (κ2) is 9.80. The first-order valence-corrected chi connectivity index (χ1v) is 5.31. The fraction of sp³-hybridized carbons (Fsp3) is 0.455. The molecule has 0 saturated heterocycles. The number of nitrogens with one attached hydrogen (secondary N) is 3. The lowest BCUT2D eigenvalue weighted by molar-refractivity contribution is -0.120. The summed E-state index contributed by atoms with van der Waals surface area (Å²) in [7, 11) is 8.90. The van der Waals surface area contributed by atoms with Crippen molar-refractivity contribution < 1.29 is 4.79 Å². The summed E-state index contributed by atoms with van der Waals surface area (Å²) in [6.07, 6.45) is 5.21. The molecule has 0 aliphatic heterocycles. The highest BCUT2D eigenvalue weighted by atomic mass is 16.1. The Hall–Kier alpha value is -1.40. The molecule has 1 amide bonds. The lowest BCUT2D eigenvalue weighted by Crippen LogP contribution is -2.46. The van der Waals surface area contributed by atoms with Gasteiger partial charge in [-0.1, -0.05) is 18.7 Å². The number of rotatable bonds is 8. The molecule has 0 aromatic heterocycles. The molecule has 2 radical (unpaired) electrons. The third kappa shape index (κ3) is 8.42. The summed E-state index contributed by atoms with van der Waals surface area (Å²) in [6, 6.07) is -0.388. The van der Waals surface area contributed by atoms with E-state index in [4.69, 9.17) is 7.85 Å². The van der Waals surface area contributed by atoms with E-state index in [0.29, 0.717) is 6.54 Å². The van der Waals surface area contributed by atoms with Crippen LogP contribution in [0.5, 0.6) is 0 Å². The summed E-state index contributed by atoms with van der Waals surface area (Å²) in [5.74, 6) is -0.135. The van der Waals surface area contributed by atoms with E-state index in [2.05, 4.69) is 27.5 Å². The van der Waals surface area contributed by atoms with Gasteiger partial charge in [0.05, 0.1) is 18.8 Å². The van der Waals surface area contributed by atoms with Gasteiger partial charge in [-0.3, -0.25) is 9.79 Å². The number of hydrogen-bond donors (Lipinski definition) is 3. The highest BCUT2D eigenvalue weighted by Gasteiger charge is 2.03. The fourth-order valence-corrected chi connectivity index (χ4v) is 0.948. The molecule has 5 nitrogen and oxygen atoms in total. The molecule has 3 N–H and O–H groups in total. The van der Waals surface area contributed by atoms with Crippen LogP contribution in [0.25, 0.3) is 0 Å². The van der Waals surface area contributed by atoms with Gasteiger partial charge in [0.25, 0.3) is 0 Å². The van der Waals surface area contributed by atoms with E-state index < -0.39 is 0 Å². The first-order chi connectivity index (χ1) is 8.13. The van der Waals surface area contributed by atoms with E-state index in [9.17, 15) is 4.79 Å². The molecule has 17 heavy (non-hydrogen) atoms. The Morgan fingerprint density at radius 3 is 2.76 bits per heavy atom. The van der Waals surface area contributed by atoms with Crippen LogP contribution in [0.15, 0.2) is 29.8 Å². The fourth-order valence-electron chi connectivity index (χ4n) is 0.948. The van der Waals surface area contributed by atoms with Crippen molar-refractivity contribution in [1.82, 2.24) is 16.0 Å². The maximum Gasteiger partial charge on any atom is 0.234 e. The summed E-state index contributed by atoms with van der Waals surface area (Å²) in [5.41, 5.74) is 0.774. The predicted octanol–water partition coefficient (Wildman–Crippen LogP) is -0.823. The highest BCUT2D eigenvalue weighted by Crippen LogP contribution is 1.81. The van der Waals surface area contributed by atoms with Crippen LogP contribution < -0.4 is 16.0 Å². The average Bonchev–Trinajstić information content (AvgIpc) is 2.36. The minimum Gasteiger partial charge on any atom is -0.349 e. The number of hydrogen-bond acceptors (Lipinski definition) is 4. The molecule has 1 atom stereocenters. The third-order valence-electron chi connectivity index (χ3n) is 1.97. The number of allylic oxidation sites excluding steroid dienone is 2. The molecule has 0 rings (SSSR count). The Morgan fingerprint density at radius 1 is 1.53 bits per heavy atom. The van der Waals surface area contributed by atoms with Crippen LogP contribution in [0.4, 0.5) is 0 Å². The second-order valence-electron chi connectivity index (χ2n) is 3.23. The van der Waals surface area contributed by atoms with Gasteiger partial charge in [0.15, 0.2) is 0 Å². The van der Waals surface area contributed by atoms with Gasteiger partial charge in [-0.05, 0) is 13.1 Å². The normalized spacial score (nSPS) is 13.6. The Bertz CT molecular complexity index is 302. The van der Waals surface area contributed by atoms with E-state index in [1.807, 2.05) is 0 Å². The van der Waals surface area contributed by atoms with Gasteiger partial charge in [0.2, 0.25) is 5.91 Å². The van der Waals surface area contributed by atoms with Crippen molar-refractivity contribution in [1.29, 1.82) is 0 Å². The van der Waals surface area contributed by atoms with Gasteiger partial charge in [0.1, 0.15) is 7.85 Å². The van der Waals surface area contributed by atoms with Gasteiger partial charge in [-0.15, -0.1) is 0 Å². The Morgan fingerprint density at radius 2 is 2.24 bits per heavy atom. The number of aliphatic imine (C=N–C) groups is 1. The summed E-state index contributed by atoms with van der Waals surface area (Å²) in [6.45, 7) is 4.10. The molecule has 0 heterocycles. The predicted molar refractivity (Wildman–Crippen MR) is 72.3 cm³/mol.